The highest BCUT2D eigenvalue weighted by atomic mass is 16.5. The van der Waals surface area contributed by atoms with Crippen molar-refractivity contribution in [3.05, 3.63) is 89.7 Å². The van der Waals surface area contributed by atoms with Crippen LogP contribution in [0.3, 0.4) is 0 Å². The van der Waals surface area contributed by atoms with Crippen molar-refractivity contribution in [2.75, 3.05) is 19.0 Å². The number of benzene rings is 2. The van der Waals surface area contributed by atoms with Gasteiger partial charge in [0.2, 0.25) is 0 Å². The molecular formula is C22H23N3O2. The number of ether oxygens (including phenoxy) is 1. The van der Waals surface area contributed by atoms with E-state index >= 15 is 0 Å². The lowest BCUT2D eigenvalue weighted by Gasteiger charge is -2.10. The van der Waals surface area contributed by atoms with Gasteiger partial charge in [-0.15, -0.1) is 0 Å². The van der Waals surface area contributed by atoms with E-state index in [-0.39, 0.29) is 5.91 Å². The van der Waals surface area contributed by atoms with Crippen molar-refractivity contribution in [2.24, 2.45) is 0 Å². The van der Waals surface area contributed by atoms with Gasteiger partial charge in [-0.05, 0) is 29.7 Å². The minimum atomic E-state index is -0.138. The molecule has 0 aliphatic rings. The van der Waals surface area contributed by atoms with Crippen LogP contribution >= 0.6 is 0 Å². The van der Waals surface area contributed by atoms with Gasteiger partial charge < -0.3 is 15.4 Å². The van der Waals surface area contributed by atoms with Gasteiger partial charge in [-0.25, -0.2) is 0 Å². The monoisotopic (exact) mass is 361 g/mol. The maximum Gasteiger partial charge on any atom is 0.252 e. The van der Waals surface area contributed by atoms with Gasteiger partial charge in [0.1, 0.15) is 5.75 Å². The van der Waals surface area contributed by atoms with E-state index in [1.807, 2.05) is 48.5 Å². The Kier molecular flexibility index (Phi) is 6.41. The van der Waals surface area contributed by atoms with Crippen LogP contribution < -0.4 is 15.4 Å². The second-order valence-corrected chi connectivity index (χ2v) is 6.12. The topological polar surface area (TPSA) is 63.2 Å². The Hall–Kier alpha value is -3.34. The molecule has 0 fully saturated rings. The van der Waals surface area contributed by atoms with Crippen molar-refractivity contribution >= 4 is 11.6 Å². The van der Waals surface area contributed by atoms with Crippen LogP contribution in [0.15, 0.2) is 73.1 Å². The van der Waals surface area contributed by atoms with Crippen LogP contribution in [0.5, 0.6) is 5.75 Å². The van der Waals surface area contributed by atoms with Crippen LogP contribution in [0.25, 0.3) is 0 Å². The van der Waals surface area contributed by atoms with Crippen molar-refractivity contribution < 1.29 is 9.53 Å². The average Bonchev–Trinajstić information content (AvgIpc) is 2.73. The van der Waals surface area contributed by atoms with E-state index in [0.29, 0.717) is 25.1 Å². The Labute approximate surface area is 159 Å². The summed E-state index contributed by atoms with van der Waals surface area (Å²) in [5.74, 6) is 0.696. The lowest BCUT2D eigenvalue weighted by Crippen LogP contribution is -2.26. The van der Waals surface area contributed by atoms with Gasteiger partial charge in [-0.3, -0.25) is 9.78 Å². The first-order valence-corrected chi connectivity index (χ1v) is 8.89. The molecule has 1 amide bonds. The molecular weight excluding hydrogens is 338 g/mol. The van der Waals surface area contributed by atoms with E-state index in [0.717, 1.165) is 17.0 Å². The van der Waals surface area contributed by atoms with Gasteiger partial charge >= 0.3 is 0 Å². The highest BCUT2D eigenvalue weighted by Gasteiger charge is 2.08. The quantitative estimate of drug-likeness (QED) is 0.642. The zero-order chi connectivity index (χ0) is 18.9. The molecule has 2 aromatic carbocycles. The molecule has 0 saturated carbocycles. The van der Waals surface area contributed by atoms with Gasteiger partial charge in [-0.2, -0.15) is 0 Å². The second kappa shape index (κ2) is 9.38. The number of hydrogen-bond donors (Lipinski definition) is 2. The Morgan fingerprint density at radius 2 is 1.81 bits per heavy atom. The number of methoxy groups -OCH3 is 1. The first kappa shape index (κ1) is 18.5. The van der Waals surface area contributed by atoms with Crippen LogP contribution in [-0.2, 0) is 13.0 Å². The third-order valence-corrected chi connectivity index (χ3v) is 4.21. The lowest BCUT2D eigenvalue weighted by atomic mass is 10.1. The maximum absolute atomic E-state index is 12.4. The predicted molar refractivity (Wildman–Crippen MR) is 107 cm³/mol. The second-order valence-electron chi connectivity index (χ2n) is 6.12. The van der Waals surface area contributed by atoms with E-state index < -0.39 is 0 Å². The predicted octanol–water partition coefficient (Wildman–Crippen LogP) is 3.67. The average molecular weight is 361 g/mol. The number of carbonyl (C=O) groups is 1. The summed E-state index contributed by atoms with van der Waals surface area (Å²) < 4.78 is 5.34. The molecule has 27 heavy (non-hydrogen) atoms. The molecule has 1 aromatic heterocycles. The Balaban J connectivity index is 1.54. The number of anilines is 1. The zero-order valence-electron chi connectivity index (χ0n) is 15.3. The van der Waals surface area contributed by atoms with Crippen LogP contribution in [-0.4, -0.2) is 24.5 Å². The number of nitrogens with zero attached hydrogens (tertiary/aromatic N) is 1. The highest BCUT2D eigenvalue weighted by Crippen LogP contribution is 2.17. The Morgan fingerprint density at radius 1 is 1.04 bits per heavy atom. The molecule has 3 aromatic rings. The van der Waals surface area contributed by atoms with E-state index in [4.69, 9.17) is 4.74 Å². The number of carbonyl (C=O) groups excluding carboxylic acids is 1. The van der Waals surface area contributed by atoms with E-state index in [2.05, 4.69) is 27.8 Å². The first-order valence-electron chi connectivity index (χ1n) is 8.89. The normalized spacial score (nSPS) is 10.3. The fraction of sp³-hybridized carbons (Fsp3) is 0.182. The maximum atomic E-state index is 12.4. The fourth-order valence-electron chi connectivity index (χ4n) is 2.78. The minimum Gasteiger partial charge on any atom is -0.496 e. The van der Waals surface area contributed by atoms with Crippen LogP contribution in [0.4, 0.5) is 5.69 Å². The summed E-state index contributed by atoms with van der Waals surface area (Å²) in [5.41, 5.74) is 3.59. The Morgan fingerprint density at radius 3 is 2.63 bits per heavy atom. The summed E-state index contributed by atoms with van der Waals surface area (Å²) in [7, 11) is 1.65. The number of aromatic nitrogens is 1. The first-order chi connectivity index (χ1) is 13.3. The highest BCUT2D eigenvalue weighted by molar-refractivity contribution is 5.94. The smallest absolute Gasteiger partial charge is 0.252 e. The van der Waals surface area contributed by atoms with Crippen molar-refractivity contribution in [3.63, 3.8) is 0 Å². The standard InChI is InChI=1S/C22H23N3O2/c1-27-21-10-6-5-9-18(21)11-12-24-22(26)19-13-20(16-23-15-19)25-14-17-7-3-2-4-8-17/h2-10,13,15-16,25H,11-12,14H2,1H3,(H,24,26). The van der Waals surface area contributed by atoms with Crippen molar-refractivity contribution in [2.45, 2.75) is 13.0 Å². The van der Waals surface area contributed by atoms with Crippen molar-refractivity contribution in [3.8, 4) is 5.75 Å². The number of pyridine rings is 1. The fourth-order valence-corrected chi connectivity index (χ4v) is 2.78. The SMILES string of the molecule is COc1ccccc1CCNC(=O)c1cncc(NCc2ccccc2)c1. The number of nitrogens with one attached hydrogen (secondary N) is 2. The molecule has 0 atom stereocenters. The number of para-hydroxylation sites is 1. The van der Waals surface area contributed by atoms with Gasteiger partial charge in [0.15, 0.2) is 0 Å². The molecule has 0 saturated heterocycles. The molecule has 3 rings (SSSR count). The van der Waals surface area contributed by atoms with Gasteiger partial charge in [0, 0.05) is 25.5 Å². The summed E-state index contributed by atoms with van der Waals surface area (Å²) in [6.45, 7) is 1.21. The number of hydrogen-bond acceptors (Lipinski definition) is 4. The molecule has 1 heterocycles. The van der Waals surface area contributed by atoms with Crippen LogP contribution in [0, 0.1) is 0 Å². The van der Waals surface area contributed by atoms with E-state index in [9.17, 15) is 4.79 Å². The van der Waals surface area contributed by atoms with Crippen LogP contribution in [0.1, 0.15) is 21.5 Å². The molecule has 5 heteroatoms. The number of amides is 1. The molecule has 5 nitrogen and oxygen atoms in total. The minimum absolute atomic E-state index is 0.138. The molecule has 138 valence electrons. The van der Waals surface area contributed by atoms with Gasteiger partial charge in [0.05, 0.1) is 18.4 Å². The molecule has 0 aliphatic carbocycles. The van der Waals surface area contributed by atoms with Crippen molar-refractivity contribution in [1.82, 2.24) is 10.3 Å². The van der Waals surface area contributed by atoms with Gasteiger partial charge in [0.25, 0.3) is 5.91 Å². The summed E-state index contributed by atoms with van der Waals surface area (Å²) >= 11 is 0. The van der Waals surface area contributed by atoms with Crippen LogP contribution in [0.2, 0.25) is 0 Å². The molecule has 0 unspecified atom stereocenters. The van der Waals surface area contributed by atoms with Crippen molar-refractivity contribution in [1.29, 1.82) is 0 Å². The summed E-state index contributed by atoms with van der Waals surface area (Å²) in [5, 5.41) is 6.23. The summed E-state index contributed by atoms with van der Waals surface area (Å²) in [6, 6.07) is 19.7. The lowest BCUT2D eigenvalue weighted by molar-refractivity contribution is 0.0953. The Bertz CT molecular complexity index is 881. The van der Waals surface area contributed by atoms with E-state index in [1.54, 1.807) is 19.5 Å². The summed E-state index contributed by atoms with van der Waals surface area (Å²) in [4.78, 5) is 16.6. The number of rotatable bonds is 8. The molecule has 0 radical (unpaired) electrons. The third kappa shape index (κ3) is 5.31. The summed E-state index contributed by atoms with van der Waals surface area (Å²) in [6.07, 6.45) is 4.00. The zero-order valence-corrected chi connectivity index (χ0v) is 15.3. The van der Waals surface area contributed by atoms with E-state index in [1.165, 1.54) is 5.56 Å². The third-order valence-electron chi connectivity index (χ3n) is 4.21. The van der Waals surface area contributed by atoms with Gasteiger partial charge in [-0.1, -0.05) is 48.5 Å². The molecule has 0 bridgehead atoms. The largest absolute Gasteiger partial charge is 0.496 e. The molecule has 2 N–H and O–H groups in total. The molecule has 0 spiro atoms. The molecule has 0 aliphatic heterocycles.